The molecule has 3 atom stereocenters. The molecule has 4 N–H and O–H groups in total. The van der Waals surface area contributed by atoms with E-state index in [1.807, 2.05) is 0 Å². The summed E-state index contributed by atoms with van der Waals surface area (Å²) in [6, 6.07) is 0. The lowest BCUT2D eigenvalue weighted by Crippen LogP contribution is -2.56. The lowest BCUT2D eigenvalue weighted by atomic mass is 9.72. The molecule has 0 fully saturated rings. The van der Waals surface area contributed by atoms with E-state index in [1.165, 1.54) is 70.6 Å². The zero-order chi connectivity index (χ0) is 22.1. The molecule has 0 radical (unpaired) electrons. The second-order valence-electron chi connectivity index (χ2n) is 9.02. The molecule has 0 aromatic heterocycles. The highest BCUT2D eigenvalue weighted by Gasteiger charge is 2.48. The Morgan fingerprint density at radius 3 is 1.48 bits per heavy atom. The van der Waals surface area contributed by atoms with E-state index in [0.717, 1.165) is 12.8 Å². The number of aliphatic carboxylic acids is 1. The Labute approximate surface area is 178 Å². The number of carboxylic acids is 1. The first-order valence-electron chi connectivity index (χ1n) is 12.1. The minimum Gasteiger partial charge on any atom is -0.481 e. The third-order valence-electron chi connectivity index (χ3n) is 6.33. The summed E-state index contributed by atoms with van der Waals surface area (Å²) in [7, 11) is 0. The van der Waals surface area contributed by atoms with Crippen LogP contribution in [0.3, 0.4) is 0 Å². The molecule has 0 aliphatic heterocycles. The van der Waals surface area contributed by atoms with E-state index in [4.69, 9.17) is 0 Å². The molecule has 5 nitrogen and oxygen atoms in total. The maximum atomic E-state index is 11.7. The molecule has 5 heteroatoms. The van der Waals surface area contributed by atoms with Gasteiger partial charge in [-0.05, 0) is 12.3 Å². The van der Waals surface area contributed by atoms with E-state index in [0.29, 0.717) is 12.8 Å². The summed E-state index contributed by atoms with van der Waals surface area (Å²) in [6.45, 7) is 4.97. The van der Waals surface area contributed by atoms with Crippen molar-refractivity contribution >= 4 is 5.97 Å². The standard InChI is InChI=1S/C24H48O5/c1-4-5-6-7-8-9-10-11-12-13-14-15-16-17-18-21(23(27)28)24(29,20(2)3)22(26)19-25/h20-22,25-26,29H,4-19H2,1-3H3,(H,27,28). The van der Waals surface area contributed by atoms with E-state index in [2.05, 4.69) is 6.92 Å². The minimum atomic E-state index is -1.81. The lowest BCUT2D eigenvalue weighted by molar-refractivity contribution is -0.182. The van der Waals surface area contributed by atoms with Crippen LogP contribution in [-0.4, -0.2) is 44.7 Å². The van der Waals surface area contributed by atoms with Crippen molar-refractivity contribution < 1.29 is 25.2 Å². The molecule has 0 spiro atoms. The van der Waals surface area contributed by atoms with Crippen LogP contribution in [0.1, 0.15) is 117 Å². The molecule has 0 aromatic carbocycles. The Bertz CT molecular complexity index is 399. The molecule has 0 aliphatic carbocycles. The third-order valence-corrected chi connectivity index (χ3v) is 6.33. The first kappa shape index (κ1) is 28.4. The number of hydrogen-bond acceptors (Lipinski definition) is 4. The van der Waals surface area contributed by atoms with Crippen molar-refractivity contribution in [3.05, 3.63) is 0 Å². The van der Waals surface area contributed by atoms with Crippen molar-refractivity contribution in [3.8, 4) is 0 Å². The van der Waals surface area contributed by atoms with E-state index in [1.54, 1.807) is 13.8 Å². The van der Waals surface area contributed by atoms with Crippen LogP contribution in [0.15, 0.2) is 0 Å². The van der Waals surface area contributed by atoms with E-state index in [-0.39, 0.29) is 0 Å². The topological polar surface area (TPSA) is 98.0 Å². The summed E-state index contributed by atoms with van der Waals surface area (Å²) in [5.74, 6) is -2.64. The fraction of sp³-hybridized carbons (Fsp3) is 0.958. The number of hydrogen-bond donors (Lipinski definition) is 4. The predicted octanol–water partition coefficient (Wildman–Crippen LogP) is 5.30. The molecule has 0 saturated heterocycles. The molecule has 29 heavy (non-hydrogen) atoms. The largest absolute Gasteiger partial charge is 0.481 e. The van der Waals surface area contributed by atoms with Gasteiger partial charge < -0.3 is 20.4 Å². The second-order valence-corrected chi connectivity index (χ2v) is 9.02. The molecule has 174 valence electrons. The summed E-state index contributed by atoms with van der Waals surface area (Å²) in [6.07, 6.45) is 16.1. The average molecular weight is 417 g/mol. The van der Waals surface area contributed by atoms with Gasteiger partial charge in [0, 0.05) is 0 Å². The summed E-state index contributed by atoms with van der Waals surface area (Å²) < 4.78 is 0. The third kappa shape index (κ3) is 11.4. The molecule has 3 unspecified atom stereocenters. The van der Waals surface area contributed by atoms with Crippen molar-refractivity contribution in [3.63, 3.8) is 0 Å². The minimum absolute atomic E-state index is 0.319. The molecule has 0 amide bonds. The highest BCUT2D eigenvalue weighted by atomic mass is 16.4. The monoisotopic (exact) mass is 416 g/mol. The fourth-order valence-corrected chi connectivity index (χ4v) is 4.26. The van der Waals surface area contributed by atoms with E-state index >= 15 is 0 Å². The Balaban J connectivity index is 3.92. The first-order chi connectivity index (χ1) is 13.8. The quantitative estimate of drug-likeness (QED) is 0.202. The summed E-state index contributed by atoms with van der Waals surface area (Å²) in [4.78, 5) is 11.7. The van der Waals surface area contributed by atoms with Gasteiger partial charge in [0.1, 0.15) is 11.7 Å². The number of rotatable bonds is 20. The zero-order valence-corrected chi connectivity index (χ0v) is 19.2. The highest BCUT2D eigenvalue weighted by molar-refractivity contribution is 5.71. The Kier molecular flexibility index (Phi) is 16.7. The van der Waals surface area contributed by atoms with Crippen LogP contribution in [0, 0.1) is 11.8 Å². The summed E-state index contributed by atoms with van der Waals surface area (Å²) >= 11 is 0. The van der Waals surface area contributed by atoms with E-state index < -0.39 is 36.1 Å². The van der Waals surface area contributed by atoms with Crippen LogP contribution in [-0.2, 0) is 4.79 Å². The summed E-state index contributed by atoms with van der Waals surface area (Å²) in [5, 5.41) is 39.6. The number of aliphatic hydroxyl groups is 3. The molecule has 0 heterocycles. The Morgan fingerprint density at radius 1 is 0.793 bits per heavy atom. The molecule has 0 saturated carbocycles. The smallest absolute Gasteiger partial charge is 0.309 e. The number of aliphatic hydroxyl groups excluding tert-OH is 2. The molecular weight excluding hydrogens is 368 g/mol. The number of carboxylic acid groups (broad SMARTS) is 1. The maximum Gasteiger partial charge on any atom is 0.309 e. The van der Waals surface area contributed by atoms with Crippen LogP contribution in [0.2, 0.25) is 0 Å². The van der Waals surface area contributed by atoms with Gasteiger partial charge in [-0.15, -0.1) is 0 Å². The van der Waals surface area contributed by atoms with Gasteiger partial charge >= 0.3 is 5.97 Å². The Morgan fingerprint density at radius 2 is 1.17 bits per heavy atom. The number of carbonyl (C=O) groups is 1. The maximum absolute atomic E-state index is 11.7. The van der Waals surface area contributed by atoms with Crippen molar-refractivity contribution in [2.24, 2.45) is 11.8 Å². The van der Waals surface area contributed by atoms with Gasteiger partial charge in [0.25, 0.3) is 0 Å². The van der Waals surface area contributed by atoms with Crippen LogP contribution < -0.4 is 0 Å². The fourth-order valence-electron chi connectivity index (χ4n) is 4.26. The molecular formula is C24H48O5. The molecule has 0 rings (SSSR count). The van der Waals surface area contributed by atoms with Crippen LogP contribution in [0.5, 0.6) is 0 Å². The number of unbranched alkanes of at least 4 members (excludes halogenated alkanes) is 13. The molecule has 0 bridgehead atoms. The predicted molar refractivity (Wildman–Crippen MR) is 119 cm³/mol. The summed E-state index contributed by atoms with van der Waals surface area (Å²) in [5.41, 5.74) is -1.81. The van der Waals surface area contributed by atoms with Gasteiger partial charge in [0.15, 0.2) is 0 Å². The van der Waals surface area contributed by atoms with Gasteiger partial charge in [-0.3, -0.25) is 4.79 Å². The normalized spacial score (nSPS) is 16.0. The van der Waals surface area contributed by atoms with Gasteiger partial charge in [0.05, 0.1) is 12.5 Å². The van der Waals surface area contributed by atoms with Crippen LogP contribution in [0.25, 0.3) is 0 Å². The highest BCUT2D eigenvalue weighted by Crippen LogP contribution is 2.34. The van der Waals surface area contributed by atoms with Crippen molar-refractivity contribution in [2.45, 2.75) is 129 Å². The van der Waals surface area contributed by atoms with E-state index in [9.17, 15) is 25.2 Å². The van der Waals surface area contributed by atoms with Crippen molar-refractivity contribution in [1.82, 2.24) is 0 Å². The Hall–Kier alpha value is -0.650. The van der Waals surface area contributed by atoms with Crippen molar-refractivity contribution in [2.75, 3.05) is 6.61 Å². The van der Waals surface area contributed by atoms with Crippen molar-refractivity contribution in [1.29, 1.82) is 0 Å². The van der Waals surface area contributed by atoms with Gasteiger partial charge in [-0.2, -0.15) is 0 Å². The zero-order valence-electron chi connectivity index (χ0n) is 19.2. The molecule has 0 aliphatic rings. The molecule has 0 aromatic rings. The van der Waals surface area contributed by atoms with Gasteiger partial charge in [0.2, 0.25) is 0 Å². The van der Waals surface area contributed by atoms with Crippen LogP contribution >= 0.6 is 0 Å². The van der Waals surface area contributed by atoms with Gasteiger partial charge in [-0.1, -0.05) is 111 Å². The average Bonchev–Trinajstić information content (AvgIpc) is 2.69. The first-order valence-corrected chi connectivity index (χ1v) is 12.1. The second kappa shape index (κ2) is 17.1. The SMILES string of the molecule is CCCCCCCCCCCCCCCCC(C(=O)O)C(O)(C(C)C)C(O)CO. The lowest BCUT2D eigenvalue weighted by Gasteiger charge is -2.40. The van der Waals surface area contributed by atoms with Gasteiger partial charge in [-0.25, -0.2) is 0 Å². The van der Waals surface area contributed by atoms with Crippen LogP contribution in [0.4, 0.5) is 0 Å².